The maximum absolute atomic E-state index is 13.6. The summed E-state index contributed by atoms with van der Waals surface area (Å²) >= 11 is 0. The van der Waals surface area contributed by atoms with E-state index in [-0.39, 0.29) is 17.0 Å². The van der Waals surface area contributed by atoms with Gasteiger partial charge in [-0.2, -0.15) is 18.4 Å². The van der Waals surface area contributed by atoms with E-state index in [9.17, 15) is 28.0 Å². The quantitative estimate of drug-likeness (QED) is 0.205. The summed E-state index contributed by atoms with van der Waals surface area (Å²) in [6.07, 6.45) is -0.919. The van der Waals surface area contributed by atoms with Gasteiger partial charge in [-0.25, -0.2) is 9.59 Å². The monoisotopic (exact) mass is 657 g/mol. The Kier molecular flexibility index (Phi) is 11.8. The number of esters is 1. The topological polar surface area (TPSA) is 150 Å². The van der Waals surface area contributed by atoms with E-state index in [1.165, 1.54) is 39.0 Å². The van der Waals surface area contributed by atoms with Crippen LogP contribution >= 0.6 is 0 Å². The first-order chi connectivity index (χ1) is 22.1. The second-order valence-corrected chi connectivity index (χ2v) is 12.1. The Bertz CT molecular complexity index is 1580. The molecule has 252 valence electrons. The van der Waals surface area contributed by atoms with Crippen LogP contribution in [0.25, 0.3) is 0 Å². The first-order valence-electron chi connectivity index (χ1n) is 14.8. The zero-order valence-corrected chi connectivity index (χ0v) is 27.1. The molecule has 0 bridgehead atoms. The Morgan fingerprint density at radius 2 is 1.83 bits per heavy atom. The number of rotatable bonds is 10. The molecule has 0 aromatic heterocycles. The van der Waals surface area contributed by atoms with E-state index in [1.54, 1.807) is 18.2 Å². The largest absolute Gasteiger partial charge is 0.471 e. The average Bonchev–Trinajstić information content (AvgIpc) is 3.83. The Labute approximate surface area is 272 Å². The van der Waals surface area contributed by atoms with Crippen LogP contribution in [-0.4, -0.2) is 75.2 Å². The second-order valence-electron chi connectivity index (χ2n) is 12.1. The van der Waals surface area contributed by atoms with Crippen molar-refractivity contribution in [3.05, 3.63) is 76.0 Å². The summed E-state index contributed by atoms with van der Waals surface area (Å²) in [4.78, 5) is 37.2. The molecule has 0 radical (unpaired) electrons. The van der Waals surface area contributed by atoms with Gasteiger partial charge in [0, 0.05) is 23.7 Å². The maximum Gasteiger partial charge on any atom is 0.416 e. The lowest BCUT2D eigenvalue weighted by Gasteiger charge is -2.43. The number of quaternary nitrogens is 1. The third kappa shape index (κ3) is 8.88. The molecule has 0 spiro atoms. The SMILES string of the molecule is COC(=O)C1=C(C)N(c2cccc(C(F)(F)F)c2)C(=N)N(C(N)=O)[C@@H]1c1ccc(C#N)cc1CCC[N+](C)(C)CC1CC1.COC=O. The number of nitrogens with two attached hydrogens (primary N) is 1. The third-order valence-corrected chi connectivity index (χ3v) is 8.09. The number of hydrogen-bond acceptors (Lipinski definition) is 7. The zero-order valence-electron chi connectivity index (χ0n) is 27.1. The van der Waals surface area contributed by atoms with E-state index in [2.05, 4.69) is 24.9 Å². The van der Waals surface area contributed by atoms with Crippen LogP contribution in [0.4, 0.5) is 23.7 Å². The number of alkyl halides is 3. The molecular formula is C33H40F3N6O5+. The molecule has 4 rings (SSSR count). The van der Waals surface area contributed by atoms with E-state index in [0.29, 0.717) is 29.6 Å². The molecule has 11 nitrogen and oxygen atoms in total. The van der Waals surface area contributed by atoms with Crippen molar-refractivity contribution >= 4 is 30.1 Å². The highest BCUT2D eigenvalue weighted by Gasteiger charge is 2.44. The van der Waals surface area contributed by atoms with Gasteiger partial charge in [-0.05, 0) is 67.6 Å². The molecule has 2 amide bonds. The number of benzene rings is 2. The van der Waals surface area contributed by atoms with Gasteiger partial charge in [0.05, 0.1) is 64.2 Å². The number of primary amides is 1. The smallest absolute Gasteiger partial charge is 0.416 e. The number of allylic oxidation sites excluding steroid dienone is 1. The van der Waals surface area contributed by atoms with Crippen molar-refractivity contribution in [1.82, 2.24) is 4.90 Å². The van der Waals surface area contributed by atoms with Crippen molar-refractivity contribution in [3.63, 3.8) is 0 Å². The van der Waals surface area contributed by atoms with Crippen molar-refractivity contribution in [3.8, 4) is 6.07 Å². The number of guanidine groups is 1. The van der Waals surface area contributed by atoms with Gasteiger partial charge in [0.15, 0.2) is 0 Å². The lowest BCUT2D eigenvalue weighted by atomic mass is 9.87. The summed E-state index contributed by atoms with van der Waals surface area (Å²) in [5, 5.41) is 18.6. The van der Waals surface area contributed by atoms with Gasteiger partial charge in [-0.3, -0.25) is 20.0 Å². The van der Waals surface area contributed by atoms with Gasteiger partial charge < -0.3 is 19.7 Å². The summed E-state index contributed by atoms with van der Waals surface area (Å²) in [7, 11) is 6.81. The van der Waals surface area contributed by atoms with Gasteiger partial charge in [0.2, 0.25) is 5.96 Å². The van der Waals surface area contributed by atoms with Crippen molar-refractivity contribution < 1.29 is 41.5 Å². The van der Waals surface area contributed by atoms with E-state index >= 15 is 0 Å². The number of nitrogens with zero attached hydrogens (tertiary/aromatic N) is 4. The van der Waals surface area contributed by atoms with Gasteiger partial charge in [-0.1, -0.05) is 12.1 Å². The normalized spacial score (nSPS) is 16.6. The highest BCUT2D eigenvalue weighted by atomic mass is 19.4. The van der Waals surface area contributed by atoms with E-state index < -0.39 is 35.7 Å². The summed E-state index contributed by atoms with van der Waals surface area (Å²) in [6.45, 7) is 3.78. The molecule has 1 saturated carbocycles. The van der Waals surface area contributed by atoms with E-state index in [1.807, 2.05) is 0 Å². The molecule has 2 aromatic carbocycles. The van der Waals surface area contributed by atoms with Gasteiger partial charge >= 0.3 is 18.2 Å². The lowest BCUT2D eigenvalue weighted by molar-refractivity contribution is -0.892. The Morgan fingerprint density at radius 3 is 2.36 bits per heavy atom. The van der Waals surface area contributed by atoms with Crippen LogP contribution in [0.3, 0.4) is 0 Å². The molecule has 14 heteroatoms. The number of amides is 2. The standard InChI is InChI=1S/C31H35F3N6O3.C2H4O2/c1-19-26(28(41)43-4)27(39(30(37)42)29(36)38(19)24-9-5-8-23(16-24)31(32,33)34)25-13-12-21(17-35)15-22(25)7-6-14-40(2,3)18-20-10-11-20;1-4-2-3/h5,8-9,12-13,15-16,20,27,36H,6-7,10-11,14,18H2,1-4H3,(H-,37,42);2H,1H3/p+1/t27-;/m1./s1. The van der Waals surface area contributed by atoms with Crippen LogP contribution < -0.4 is 10.6 Å². The van der Waals surface area contributed by atoms with Crippen LogP contribution in [0.5, 0.6) is 0 Å². The molecule has 2 aliphatic rings. The van der Waals surface area contributed by atoms with Crippen molar-refractivity contribution in [2.45, 2.75) is 44.8 Å². The Hall–Kier alpha value is -4.90. The highest BCUT2D eigenvalue weighted by Crippen LogP contribution is 2.42. The number of halogens is 3. The van der Waals surface area contributed by atoms with Crippen LogP contribution in [0, 0.1) is 22.7 Å². The first-order valence-corrected chi connectivity index (χ1v) is 14.8. The lowest BCUT2D eigenvalue weighted by Crippen LogP contribution is -2.55. The molecule has 2 aromatic rings. The van der Waals surface area contributed by atoms with Crippen LogP contribution in [0.15, 0.2) is 53.7 Å². The van der Waals surface area contributed by atoms with Crippen LogP contribution in [-0.2, 0) is 31.7 Å². The molecule has 1 fully saturated rings. The number of anilines is 1. The van der Waals surface area contributed by atoms with Crippen molar-refractivity contribution in [1.29, 1.82) is 10.7 Å². The predicted octanol–water partition coefficient (Wildman–Crippen LogP) is 5.11. The average molecular weight is 658 g/mol. The number of nitriles is 1. The molecule has 1 atom stereocenters. The third-order valence-electron chi connectivity index (χ3n) is 8.09. The molecule has 0 saturated heterocycles. The van der Waals surface area contributed by atoms with Crippen molar-refractivity contribution in [2.75, 3.05) is 46.3 Å². The number of ether oxygens (including phenoxy) is 2. The fourth-order valence-electron chi connectivity index (χ4n) is 5.82. The number of urea groups is 1. The minimum Gasteiger partial charge on any atom is -0.471 e. The van der Waals surface area contributed by atoms with E-state index in [4.69, 9.17) is 20.7 Å². The second kappa shape index (κ2) is 15.1. The number of carbonyl (C=O) groups is 3. The number of carbonyl (C=O) groups excluding carboxylic acids is 3. The van der Waals surface area contributed by atoms with Crippen LogP contribution in [0.2, 0.25) is 0 Å². The van der Waals surface area contributed by atoms with E-state index in [0.717, 1.165) is 59.0 Å². The summed E-state index contributed by atoms with van der Waals surface area (Å²) < 4.78 is 50.4. The number of hydrogen-bond donors (Lipinski definition) is 2. The summed E-state index contributed by atoms with van der Waals surface area (Å²) in [5.74, 6) is -0.629. The molecule has 47 heavy (non-hydrogen) atoms. The zero-order chi connectivity index (χ0) is 35.1. The number of nitrogens with one attached hydrogen (secondary N) is 1. The predicted molar refractivity (Wildman–Crippen MR) is 168 cm³/mol. The molecule has 1 heterocycles. The minimum absolute atomic E-state index is 0.0643. The molecule has 0 unspecified atom stereocenters. The molecule has 3 N–H and O–H groups in total. The molecular weight excluding hydrogens is 617 g/mol. The highest BCUT2D eigenvalue weighted by molar-refractivity contribution is 6.10. The summed E-state index contributed by atoms with van der Waals surface area (Å²) in [6, 6.07) is 8.95. The van der Waals surface area contributed by atoms with Crippen molar-refractivity contribution in [2.24, 2.45) is 11.7 Å². The summed E-state index contributed by atoms with van der Waals surface area (Å²) in [5.41, 5.74) is 6.34. The minimum atomic E-state index is -4.66. The fourth-order valence-corrected chi connectivity index (χ4v) is 5.82. The first kappa shape index (κ1) is 36.6. The van der Waals surface area contributed by atoms with Gasteiger partial charge in [0.25, 0.3) is 6.47 Å². The number of aryl methyl sites for hydroxylation is 1. The Morgan fingerprint density at radius 1 is 1.17 bits per heavy atom. The van der Waals surface area contributed by atoms with Crippen LogP contribution in [0.1, 0.15) is 54.5 Å². The Balaban J connectivity index is 0.00000142. The van der Waals surface area contributed by atoms with Gasteiger partial charge in [-0.15, -0.1) is 0 Å². The fraction of sp³-hybridized carbons (Fsp3) is 0.424. The molecule has 1 aliphatic carbocycles. The maximum atomic E-state index is 13.6. The number of methoxy groups -OCH3 is 2. The van der Waals surface area contributed by atoms with Gasteiger partial charge in [0.1, 0.15) is 6.04 Å². The molecule has 1 aliphatic heterocycles.